The molecule has 0 saturated carbocycles. The molecule has 1 saturated heterocycles. The molecule has 2 aromatic rings. The minimum Gasteiger partial charge on any atom is -0.370 e. The van der Waals surface area contributed by atoms with Crippen LogP contribution in [0, 0.1) is 5.92 Å². The van der Waals surface area contributed by atoms with Crippen molar-refractivity contribution in [2.45, 2.75) is 25.8 Å². The van der Waals surface area contributed by atoms with E-state index >= 15 is 0 Å². The molecule has 0 amide bonds. The van der Waals surface area contributed by atoms with Gasteiger partial charge in [0.2, 0.25) is 0 Å². The fraction of sp³-hybridized carbons (Fsp3) is 0.318. The van der Waals surface area contributed by atoms with Gasteiger partial charge in [-0.15, -0.1) is 0 Å². The smallest absolute Gasteiger partial charge is 0.191 e. The fourth-order valence-corrected chi connectivity index (χ4v) is 3.51. The zero-order valence-corrected chi connectivity index (χ0v) is 15.8. The van der Waals surface area contributed by atoms with Crippen LogP contribution in [0.4, 0.5) is 5.69 Å². The third-order valence-electron chi connectivity index (χ3n) is 5.05. The molecule has 0 unspecified atom stereocenters. The number of guanidine groups is 1. The Hall–Kier alpha value is -2.95. The largest absolute Gasteiger partial charge is 0.370 e. The third-order valence-corrected chi connectivity index (χ3v) is 5.05. The van der Waals surface area contributed by atoms with E-state index in [0.29, 0.717) is 0 Å². The summed E-state index contributed by atoms with van der Waals surface area (Å²) in [6, 6.07) is 18.7. The highest BCUT2D eigenvalue weighted by molar-refractivity contribution is 5.78. The zero-order valence-electron chi connectivity index (χ0n) is 15.8. The first-order valence-corrected chi connectivity index (χ1v) is 9.50. The second-order valence-corrected chi connectivity index (χ2v) is 7.12. The number of rotatable bonds is 7. The Balaban J connectivity index is 1.42. The molecular weight excluding hydrogens is 334 g/mol. The molecule has 2 aromatic carbocycles. The van der Waals surface area contributed by atoms with Crippen molar-refractivity contribution in [3.8, 4) is 0 Å². The first-order chi connectivity index (χ1) is 13.1. The van der Waals surface area contributed by atoms with Crippen LogP contribution in [0.2, 0.25) is 0 Å². The van der Waals surface area contributed by atoms with Gasteiger partial charge in [0.25, 0.3) is 0 Å². The predicted octanol–water partition coefficient (Wildman–Crippen LogP) is 3.11. The number of likely N-dealkylation sites (tertiary alicyclic amines) is 1. The molecule has 5 N–H and O–H groups in total. The predicted molar refractivity (Wildman–Crippen MR) is 112 cm³/mol. The molecule has 0 spiro atoms. The topological polar surface area (TPSA) is 79.7 Å². The van der Waals surface area contributed by atoms with E-state index < -0.39 is 0 Å². The normalized spacial score (nSPS) is 14.6. The average molecular weight is 364 g/mol. The summed E-state index contributed by atoms with van der Waals surface area (Å²) in [5.74, 6) is 1.84. The quantitative estimate of drug-likeness (QED) is 0.522. The highest BCUT2D eigenvalue weighted by Crippen LogP contribution is 2.23. The molecule has 0 bridgehead atoms. The number of hydrogen-bond donors (Lipinski definition) is 3. The lowest BCUT2D eigenvalue weighted by molar-refractivity contribution is 0.214. The van der Waals surface area contributed by atoms with E-state index in [-0.39, 0.29) is 5.96 Å². The van der Waals surface area contributed by atoms with E-state index in [0.717, 1.165) is 37.1 Å². The van der Waals surface area contributed by atoms with Crippen LogP contribution >= 0.6 is 0 Å². The van der Waals surface area contributed by atoms with Crippen molar-refractivity contribution in [3.05, 3.63) is 78.1 Å². The van der Waals surface area contributed by atoms with Crippen LogP contribution in [0.25, 0.3) is 0 Å². The van der Waals surface area contributed by atoms with Crippen molar-refractivity contribution in [1.82, 2.24) is 10.2 Å². The molecule has 5 heteroatoms. The number of hydrogen-bond acceptors (Lipinski definition) is 3. The van der Waals surface area contributed by atoms with E-state index in [2.05, 4.69) is 52.1 Å². The molecule has 1 aliphatic rings. The second-order valence-electron chi connectivity index (χ2n) is 7.12. The number of nitrogens with one attached hydrogen (secondary N) is 1. The number of benzene rings is 2. The molecule has 0 aliphatic carbocycles. The summed E-state index contributed by atoms with van der Waals surface area (Å²) in [4.78, 5) is 6.39. The summed E-state index contributed by atoms with van der Waals surface area (Å²) in [6.45, 7) is 7.08. The summed E-state index contributed by atoms with van der Waals surface area (Å²) < 4.78 is 0. The third kappa shape index (κ3) is 5.78. The maximum Gasteiger partial charge on any atom is 0.191 e. The molecule has 5 nitrogen and oxygen atoms in total. The van der Waals surface area contributed by atoms with Gasteiger partial charge in [-0.3, -0.25) is 0 Å². The molecule has 0 aromatic heterocycles. The maximum absolute atomic E-state index is 5.39. The van der Waals surface area contributed by atoms with Crippen LogP contribution in [0.1, 0.15) is 24.0 Å². The van der Waals surface area contributed by atoms with Crippen molar-refractivity contribution in [2.24, 2.45) is 22.4 Å². The number of aliphatic imine (C=N–C) groups is 1. The molecule has 3 rings (SSSR count). The lowest BCUT2D eigenvalue weighted by Crippen LogP contribution is -2.38. The minimum atomic E-state index is 0.0740. The first-order valence-electron chi connectivity index (χ1n) is 9.50. The minimum absolute atomic E-state index is 0.0740. The van der Waals surface area contributed by atoms with Crippen LogP contribution < -0.4 is 16.8 Å². The van der Waals surface area contributed by atoms with Crippen LogP contribution in [0.3, 0.4) is 0 Å². The molecule has 0 radical (unpaired) electrons. The Morgan fingerprint density at radius 2 is 1.67 bits per heavy atom. The van der Waals surface area contributed by atoms with Gasteiger partial charge < -0.3 is 21.7 Å². The Morgan fingerprint density at radius 3 is 2.30 bits per heavy atom. The summed E-state index contributed by atoms with van der Waals surface area (Å²) in [7, 11) is 0. The van der Waals surface area contributed by atoms with Crippen LogP contribution in [-0.4, -0.2) is 23.9 Å². The SMILES string of the molecule is C=C(NCc1ccc(N=C(N)N)cc1)N1CCC(Cc2ccccc2)CC1. The molecule has 1 aliphatic heterocycles. The monoisotopic (exact) mass is 363 g/mol. The van der Waals surface area contributed by atoms with Crippen molar-refractivity contribution in [1.29, 1.82) is 0 Å². The van der Waals surface area contributed by atoms with E-state index in [1.165, 1.54) is 30.4 Å². The van der Waals surface area contributed by atoms with Gasteiger partial charge in [0.05, 0.1) is 11.5 Å². The fourth-order valence-electron chi connectivity index (χ4n) is 3.51. The number of piperidine rings is 1. The Labute approximate surface area is 161 Å². The van der Waals surface area contributed by atoms with Crippen molar-refractivity contribution in [2.75, 3.05) is 13.1 Å². The number of nitrogens with zero attached hydrogens (tertiary/aromatic N) is 2. The lowest BCUT2D eigenvalue weighted by Gasteiger charge is -2.35. The highest BCUT2D eigenvalue weighted by Gasteiger charge is 2.20. The van der Waals surface area contributed by atoms with Crippen molar-refractivity contribution in [3.63, 3.8) is 0 Å². The standard InChI is InChI=1S/C22H29N5/c1-17(25-16-20-7-9-21(10-8-20)26-22(23)24)27-13-11-19(12-14-27)15-18-5-3-2-4-6-18/h2-10,19,25H,1,11-16H2,(H4,23,24,26). The summed E-state index contributed by atoms with van der Waals surface area (Å²) in [5, 5.41) is 3.44. The Morgan fingerprint density at radius 1 is 1.00 bits per heavy atom. The summed E-state index contributed by atoms with van der Waals surface area (Å²) in [5.41, 5.74) is 14.2. The van der Waals surface area contributed by atoms with Crippen LogP contribution in [-0.2, 0) is 13.0 Å². The maximum atomic E-state index is 5.39. The Kier molecular flexibility index (Phi) is 6.36. The van der Waals surface area contributed by atoms with Gasteiger partial charge in [0.15, 0.2) is 5.96 Å². The van der Waals surface area contributed by atoms with E-state index in [1.54, 1.807) is 0 Å². The molecule has 142 valence electrons. The van der Waals surface area contributed by atoms with Crippen molar-refractivity contribution < 1.29 is 0 Å². The van der Waals surface area contributed by atoms with Gasteiger partial charge >= 0.3 is 0 Å². The molecule has 1 heterocycles. The summed E-state index contributed by atoms with van der Waals surface area (Å²) in [6.07, 6.45) is 3.60. The van der Waals surface area contributed by atoms with E-state index in [1.807, 2.05) is 24.3 Å². The Bertz CT molecular complexity index is 755. The average Bonchev–Trinajstić information content (AvgIpc) is 2.68. The zero-order chi connectivity index (χ0) is 19.1. The summed E-state index contributed by atoms with van der Waals surface area (Å²) >= 11 is 0. The van der Waals surface area contributed by atoms with Crippen molar-refractivity contribution >= 4 is 11.6 Å². The number of nitrogens with two attached hydrogens (primary N) is 2. The van der Waals surface area contributed by atoms with E-state index in [9.17, 15) is 0 Å². The van der Waals surface area contributed by atoms with Gasteiger partial charge in [0, 0.05) is 19.6 Å². The molecular formula is C22H29N5. The highest BCUT2D eigenvalue weighted by atomic mass is 15.2. The van der Waals surface area contributed by atoms with Crippen LogP contribution in [0.15, 0.2) is 72.0 Å². The van der Waals surface area contributed by atoms with Gasteiger partial charge in [0.1, 0.15) is 0 Å². The van der Waals surface area contributed by atoms with Gasteiger partial charge in [-0.05, 0) is 48.4 Å². The van der Waals surface area contributed by atoms with Crippen LogP contribution in [0.5, 0.6) is 0 Å². The second kappa shape index (κ2) is 9.12. The lowest BCUT2D eigenvalue weighted by atomic mass is 9.90. The van der Waals surface area contributed by atoms with Gasteiger partial charge in [-0.1, -0.05) is 49.0 Å². The molecule has 27 heavy (non-hydrogen) atoms. The molecule has 1 fully saturated rings. The van der Waals surface area contributed by atoms with Gasteiger partial charge in [-0.2, -0.15) is 0 Å². The first kappa shape index (κ1) is 18.8. The molecule has 0 atom stereocenters. The van der Waals surface area contributed by atoms with E-state index in [4.69, 9.17) is 11.5 Å². The van der Waals surface area contributed by atoms with Gasteiger partial charge in [-0.25, -0.2) is 4.99 Å².